The number of hydrogen-bond donors (Lipinski definition) is 1. The topological polar surface area (TPSA) is 74.4 Å². The summed E-state index contributed by atoms with van der Waals surface area (Å²) in [4.78, 5) is 16.0. The van der Waals surface area contributed by atoms with Crippen LogP contribution in [0.1, 0.15) is 30.5 Å². The predicted molar refractivity (Wildman–Crippen MR) is 87.9 cm³/mol. The van der Waals surface area contributed by atoms with Crippen LogP contribution in [0.5, 0.6) is 5.75 Å². The lowest BCUT2D eigenvalue weighted by atomic mass is 9.84. The third-order valence-corrected chi connectivity index (χ3v) is 3.81. The van der Waals surface area contributed by atoms with Crippen LogP contribution in [0.4, 0.5) is 0 Å². The highest BCUT2D eigenvalue weighted by Crippen LogP contribution is 2.29. The Morgan fingerprint density at radius 1 is 1.30 bits per heavy atom. The number of nitrogens with two attached hydrogens (primary N) is 1. The Hall–Kier alpha value is -2.40. The van der Waals surface area contributed by atoms with Gasteiger partial charge in [0, 0.05) is 30.1 Å². The summed E-state index contributed by atoms with van der Waals surface area (Å²) in [5, 5.41) is 0. The van der Waals surface area contributed by atoms with Crippen LogP contribution in [0.25, 0.3) is 0 Å². The molecule has 122 valence electrons. The summed E-state index contributed by atoms with van der Waals surface area (Å²) in [6, 6.07) is 9.43. The van der Waals surface area contributed by atoms with Crippen LogP contribution in [-0.4, -0.2) is 18.1 Å². The second kappa shape index (κ2) is 7.24. The van der Waals surface area contributed by atoms with Crippen molar-refractivity contribution in [3.63, 3.8) is 0 Å². The molecule has 0 aliphatic carbocycles. The molecule has 2 N–H and O–H groups in total. The maximum Gasteiger partial charge on any atom is 0.315 e. The van der Waals surface area contributed by atoms with Crippen molar-refractivity contribution < 1.29 is 14.3 Å². The molecule has 0 bridgehead atoms. The van der Waals surface area contributed by atoms with Crippen LogP contribution in [-0.2, 0) is 28.1 Å². The lowest BCUT2D eigenvalue weighted by Gasteiger charge is -2.23. The molecule has 2 aromatic rings. The quantitative estimate of drug-likeness (QED) is 0.830. The van der Waals surface area contributed by atoms with Gasteiger partial charge in [0.05, 0.1) is 12.5 Å². The molecule has 0 fully saturated rings. The minimum Gasteiger partial charge on any atom is -0.489 e. The van der Waals surface area contributed by atoms with E-state index in [4.69, 9.17) is 15.2 Å². The van der Waals surface area contributed by atoms with Gasteiger partial charge in [0.1, 0.15) is 12.4 Å². The summed E-state index contributed by atoms with van der Waals surface area (Å²) in [5.74, 6) is 0.422. The van der Waals surface area contributed by atoms with Gasteiger partial charge in [-0.1, -0.05) is 12.1 Å². The molecule has 0 aliphatic rings. The number of carbonyl (C=O) groups is 1. The van der Waals surface area contributed by atoms with E-state index in [0.29, 0.717) is 18.9 Å². The number of carbonyl (C=O) groups excluding carboxylic acids is 1. The summed E-state index contributed by atoms with van der Waals surface area (Å²) in [5.41, 5.74) is 7.77. The summed E-state index contributed by atoms with van der Waals surface area (Å²) >= 11 is 0. The molecule has 1 aromatic heterocycles. The van der Waals surface area contributed by atoms with Crippen LogP contribution in [0.3, 0.4) is 0 Å². The van der Waals surface area contributed by atoms with Crippen molar-refractivity contribution in [3.8, 4) is 5.75 Å². The van der Waals surface area contributed by atoms with E-state index in [1.54, 1.807) is 12.4 Å². The Balaban J connectivity index is 2.21. The number of benzene rings is 1. The number of esters is 1. The number of pyridine rings is 1. The molecule has 1 heterocycles. The Labute approximate surface area is 136 Å². The Morgan fingerprint density at radius 2 is 2.09 bits per heavy atom. The molecule has 5 nitrogen and oxygen atoms in total. The Kier molecular flexibility index (Phi) is 5.34. The fourth-order valence-corrected chi connectivity index (χ4v) is 2.29. The van der Waals surface area contributed by atoms with Gasteiger partial charge in [-0.2, -0.15) is 0 Å². The third-order valence-electron chi connectivity index (χ3n) is 3.81. The average Bonchev–Trinajstić information content (AvgIpc) is 2.59. The van der Waals surface area contributed by atoms with Gasteiger partial charge in [-0.3, -0.25) is 9.78 Å². The molecule has 0 saturated carbocycles. The van der Waals surface area contributed by atoms with Gasteiger partial charge in [-0.05, 0) is 37.6 Å². The van der Waals surface area contributed by atoms with E-state index in [-0.39, 0.29) is 5.97 Å². The number of aromatic nitrogens is 1. The smallest absolute Gasteiger partial charge is 0.315 e. The van der Waals surface area contributed by atoms with Crippen molar-refractivity contribution in [2.45, 2.75) is 32.4 Å². The lowest BCUT2D eigenvalue weighted by Crippen LogP contribution is -2.30. The first-order valence-electron chi connectivity index (χ1n) is 7.42. The Morgan fingerprint density at radius 3 is 2.70 bits per heavy atom. The normalized spacial score (nSPS) is 11.1. The minimum atomic E-state index is -0.736. The third kappa shape index (κ3) is 3.87. The zero-order valence-electron chi connectivity index (χ0n) is 13.7. The highest BCUT2D eigenvalue weighted by atomic mass is 16.5. The zero-order valence-corrected chi connectivity index (χ0v) is 13.7. The minimum absolute atomic E-state index is 0.288. The zero-order chi connectivity index (χ0) is 16.9. The highest BCUT2D eigenvalue weighted by molar-refractivity contribution is 5.82. The molecule has 0 unspecified atom stereocenters. The molecule has 5 heteroatoms. The van der Waals surface area contributed by atoms with Gasteiger partial charge < -0.3 is 15.2 Å². The largest absolute Gasteiger partial charge is 0.489 e. The molecule has 0 spiro atoms. The first kappa shape index (κ1) is 17.0. The molecule has 2 rings (SSSR count). The maximum atomic E-state index is 11.9. The van der Waals surface area contributed by atoms with Crippen molar-refractivity contribution >= 4 is 5.97 Å². The molecule has 0 saturated heterocycles. The van der Waals surface area contributed by atoms with Gasteiger partial charge in [-0.15, -0.1) is 0 Å². The van der Waals surface area contributed by atoms with Crippen molar-refractivity contribution in [2.24, 2.45) is 5.73 Å². The summed E-state index contributed by atoms with van der Waals surface area (Å²) in [7, 11) is 1.39. The van der Waals surface area contributed by atoms with E-state index in [1.807, 2.05) is 44.2 Å². The van der Waals surface area contributed by atoms with E-state index in [0.717, 1.165) is 16.7 Å². The molecular weight excluding hydrogens is 292 g/mol. The maximum absolute atomic E-state index is 11.9. The van der Waals surface area contributed by atoms with E-state index in [2.05, 4.69) is 4.98 Å². The van der Waals surface area contributed by atoms with Crippen LogP contribution in [0.2, 0.25) is 0 Å². The van der Waals surface area contributed by atoms with Gasteiger partial charge in [0.25, 0.3) is 0 Å². The van der Waals surface area contributed by atoms with E-state index in [1.165, 1.54) is 7.11 Å². The average molecular weight is 314 g/mol. The Bertz CT molecular complexity index is 669. The molecule has 0 amide bonds. The van der Waals surface area contributed by atoms with Crippen LogP contribution in [0.15, 0.2) is 42.7 Å². The first-order chi connectivity index (χ1) is 11.0. The fraction of sp³-hybridized carbons (Fsp3) is 0.333. The van der Waals surface area contributed by atoms with Gasteiger partial charge in [0.2, 0.25) is 0 Å². The van der Waals surface area contributed by atoms with Crippen LogP contribution < -0.4 is 10.5 Å². The second-order valence-corrected chi connectivity index (χ2v) is 5.79. The number of methoxy groups -OCH3 is 1. The van der Waals surface area contributed by atoms with E-state index >= 15 is 0 Å². The van der Waals surface area contributed by atoms with Crippen molar-refractivity contribution in [1.29, 1.82) is 0 Å². The van der Waals surface area contributed by atoms with Crippen molar-refractivity contribution in [2.75, 3.05) is 7.11 Å². The molecule has 1 aromatic carbocycles. The van der Waals surface area contributed by atoms with Crippen molar-refractivity contribution in [3.05, 3.63) is 59.4 Å². The van der Waals surface area contributed by atoms with E-state index in [9.17, 15) is 4.79 Å². The highest BCUT2D eigenvalue weighted by Gasteiger charge is 2.31. The number of hydrogen-bond acceptors (Lipinski definition) is 5. The molecule has 23 heavy (non-hydrogen) atoms. The van der Waals surface area contributed by atoms with Gasteiger partial charge >= 0.3 is 5.97 Å². The van der Waals surface area contributed by atoms with E-state index < -0.39 is 5.41 Å². The molecule has 0 radical (unpaired) electrons. The van der Waals surface area contributed by atoms with Gasteiger partial charge in [-0.25, -0.2) is 0 Å². The van der Waals surface area contributed by atoms with Gasteiger partial charge in [0.15, 0.2) is 0 Å². The monoisotopic (exact) mass is 314 g/mol. The SMILES string of the molecule is COC(=O)C(C)(C)c1ccc(OCc2cccnc2)c(CN)c1. The first-order valence-corrected chi connectivity index (χ1v) is 7.42. The summed E-state index contributed by atoms with van der Waals surface area (Å²) < 4.78 is 10.7. The van der Waals surface area contributed by atoms with Crippen molar-refractivity contribution in [1.82, 2.24) is 4.98 Å². The van der Waals surface area contributed by atoms with Crippen LogP contribution >= 0.6 is 0 Å². The number of rotatable bonds is 6. The fourth-order valence-electron chi connectivity index (χ4n) is 2.29. The number of nitrogens with zero attached hydrogens (tertiary/aromatic N) is 1. The summed E-state index contributed by atoms with van der Waals surface area (Å²) in [6.45, 7) is 4.39. The lowest BCUT2D eigenvalue weighted by molar-refractivity contribution is -0.146. The number of ether oxygens (including phenoxy) is 2. The molecule has 0 atom stereocenters. The molecular formula is C18H22N2O3. The standard InChI is InChI=1S/C18H22N2O3/c1-18(2,17(21)22-3)15-6-7-16(14(9-15)10-19)23-12-13-5-4-8-20-11-13/h4-9,11H,10,12,19H2,1-3H3. The summed E-state index contributed by atoms with van der Waals surface area (Å²) in [6.07, 6.45) is 3.48. The second-order valence-electron chi connectivity index (χ2n) is 5.79. The molecule has 0 aliphatic heterocycles. The van der Waals surface area contributed by atoms with Crippen LogP contribution in [0, 0.1) is 0 Å². The predicted octanol–water partition coefficient (Wildman–Crippen LogP) is 2.57.